The lowest BCUT2D eigenvalue weighted by Crippen LogP contribution is -2.65. The van der Waals surface area contributed by atoms with Crippen molar-refractivity contribution in [2.24, 2.45) is 11.5 Å². The second kappa shape index (κ2) is 7.03. The Morgan fingerprint density at radius 2 is 1.32 bits per heavy atom. The molecule has 0 aliphatic rings. The zero-order valence-corrected chi connectivity index (χ0v) is 12.7. The molecular formula is C18H24N2O2. The molecule has 0 saturated carbocycles. The van der Waals surface area contributed by atoms with Crippen molar-refractivity contribution in [1.82, 2.24) is 0 Å². The second-order valence-corrected chi connectivity index (χ2v) is 5.77. The van der Waals surface area contributed by atoms with Gasteiger partial charge in [-0.25, -0.2) is 0 Å². The van der Waals surface area contributed by atoms with Crippen LogP contribution in [0, 0.1) is 0 Å². The second-order valence-electron chi connectivity index (χ2n) is 5.77. The van der Waals surface area contributed by atoms with Crippen molar-refractivity contribution in [1.29, 1.82) is 0 Å². The first kappa shape index (κ1) is 16.6. The van der Waals surface area contributed by atoms with Gasteiger partial charge in [-0.05, 0) is 31.2 Å². The van der Waals surface area contributed by atoms with Crippen LogP contribution in [0.15, 0.2) is 60.7 Å². The summed E-state index contributed by atoms with van der Waals surface area (Å²) in [5.41, 5.74) is 11.9. The molecule has 118 valence electrons. The predicted octanol–water partition coefficient (Wildman–Crippen LogP) is 1.85. The summed E-state index contributed by atoms with van der Waals surface area (Å²) >= 11 is 0. The van der Waals surface area contributed by atoms with E-state index < -0.39 is 11.4 Å². The first-order valence-corrected chi connectivity index (χ1v) is 7.55. The molecule has 0 bridgehead atoms. The zero-order chi connectivity index (χ0) is 16.1. The van der Waals surface area contributed by atoms with Crippen molar-refractivity contribution in [2.45, 2.75) is 37.1 Å². The van der Waals surface area contributed by atoms with Gasteiger partial charge in [0.2, 0.25) is 5.79 Å². The molecule has 0 aliphatic heterocycles. The van der Waals surface area contributed by atoms with Crippen molar-refractivity contribution >= 4 is 0 Å². The number of aryl methyl sites for hydroxylation is 1. The molecule has 0 fully saturated rings. The SMILES string of the molecule is NC(N)(CCCCc1ccccc1)C(O)(O)c1ccccc1. The van der Waals surface area contributed by atoms with E-state index in [0.29, 0.717) is 12.0 Å². The van der Waals surface area contributed by atoms with Crippen LogP contribution in [0.5, 0.6) is 0 Å². The summed E-state index contributed by atoms with van der Waals surface area (Å²) in [7, 11) is 0. The van der Waals surface area contributed by atoms with Gasteiger partial charge in [-0.1, -0.05) is 60.7 Å². The normalized spacial score (nSPS) is 12.4. The van der Waals surface area contributed by atoms with Gasteiger partial charge in [0.05, 0.1) is 0 Å². The molecule has 2 rings (SSSR count). The fourth-order valence-electron chi connectivity index (χ4n) is 2.50. The summed E-state index contributed by atoms with van der Waals surface area (Å²) in [6, 6.07) is 18.6. The van der Waals surface area contributed by atoms with Crippen LogP contribution in [0.3, 0.4) is 0 Å². The predicted molar refractivity (Wildman–Crippen MR) is 87.7 cm³/mol. The molecule has 4 nitrogen and oxygen atoms in total. The van der Waals surface area contributed by atoms with Crippen LogP contribution in [0.4, 0.5) is 0 Å². The molecule has 0 unspecified atom stereocenters. The minimum absolute atomic E-state index is 0.308. The number of benzene rings is 2. The molecule has 6 N–H and O–H groups in total. The third-order valence-electron chi connectivity index (χ3n) is 3.97. The largest absolute Gasteiger partial charge is 0.359 e. The van der Waals surface area contributed by atoms with Crippen LogP contribution in [0.2, 0.25) is 0 Å². The highest BCUT2D eigenvalue weighted by Gasteiger charge is 2.44. The van der Waals surface area contributed by atoms with Crippen LogP contribution >= 0.6 is 0 Å². The first-order chi connectivity index (χ1) is 10.4. The highest BCUT2D eigenvalue weighted by Crippen LogP contribution is 2.28. The average molecular weight is 300 g/mol. The molecule has 22 heavy (non-hydrogen) atoms. The summed E-state index contributed by atoms with van der Waals surface area (Å²) in [5, 5.41) is 20.7. The maximum absolute atomic E-state index is 10.3. The maximum atomic E-state index is 10.3. The van der Waals surface area contributed by atoms with Crippen molar-refractivity contribution < 1.29 is 10.2 Å². The molecular weight excluding hydrogens is 276 g/mol. The number of unbranched alkanes of at least 4 members (excludes halogenated alkanes) is 1. The minimum Gasteiger partial charge on any atom is -0.359 e. The van der Waals surface area contributed by atoms with E-state index in [2.05, 4.69) is 12.1 Å². The molecule has 2 aromatic carbocycles. The number of aliphatic hydroxyl groups is 2. The molecule has 0 spiro atoms. The summed E-state index contributed by atoms with van der Waals surface area (Å²) in [6.45, 7) is 0. The zero-order valence-electron chi connectivity index (χ0n) is 12.7. The summed E-state index contributed by atoms with van der Waals surface area (Å²) in [5.74, 6) is -2.25. The van der Waals surface area contributed by atoms with Gasteiger partial charge >= 0.3 is 0 Å². The Bertz CT molecular complexity index is 568. The Morgan fingerprint density at radius 1 is 0.773 bits per heavy atom. The summed E-state index contributed by atoms with van der Waals surface area (Å²) < 4.78 is 0. The van der Waals surface area contributed by atoms with Crippen molar-refractivity contribution in [3.63, 3.8) is 0 Å². The van der Waals surface area contributed by atoms with Crippen molar-refractivity contribution in [2.75, 3.05) is 0 Å². The molecule has 0 atom stereocenters. The lowest BCUT2D eigenvalue weighted by atomic mass is 9.88. The van der Waals surface area contributed by atoms with Gasteiger partial charge in [-0.3, -0.25) is 0 Å². The van der Waals surface area contributed by atoms with Crippen molar-refractivity contribution in [3.05, 3.63) is 71.8 Å². The average Bonchev–Trinajstić information content (AvgIpc) is 2.53. The number of rotatable bonds is 7. The van der Waals surface area contributed by atoms with Crippen molar-refractivity contribution in [3.8, 4) is 0 Å². The quantitative estimate of drug-likeness (QED) is 0.464. The topological polar surface area (TPSA) is 92.5 Å². The molecule has 2 aromatic rings. The van der Waals surface area contributed by atoms with E-state index >= 15 is 0 Å². The Labute approximate surface area is 131 Å². The molecule has 4 heteroatoms. The Hall–Kier alpha value is -1.72. The highest BCUT2D eigenvalue weighted by atomic mass is 16.5. The van der Waals surface area contributed by atoms with E-state index in [1.54, 1.807) is 30.3 Å². The van der Waals surface area contributed by atoms with Gasteiger partial charge in [-0.2, -0.15) is 0 Å². The van der Waals surface area contributed by atoms with Gasteiger partial charge in [0.15, 0.2) is 0 Å². The highest BCUT2D eigenvalue weighted by molar-refractivity contribution is 5.23. The number of nitrogens with two attached hydrogens (primary N) is 2. The van der Waals surface area contributed by atoms with E-state index in [4.69, 9.17) is 11.5 Å². The molecule has 0 radical (unpaired) electrons. The number of hydrogen-bond donors (Lipinski definition) is 4. The van der Waals surface area contributed by atoms with E-state index in [1.165, 1.54) is 5.56 Å². The van der Waals surface area contributed by atoms with Gasteiger partial charge in [0.1, 0.15) is 5.66 Å². The first-order valence-electron chi connectivity index (χ1n) is 7.55. The van der Waals surface area contributed by atoms with E-state index in [-0.39, 0.29) is 0 Å². The Morgan fingerprint density at radius 3 is 1.91 bits per heavy atom. The minimum atomic E-state index is -2.25. The third kappa shape index (κ3) is 3.93. The lowest BCUT2D eigenvalue weighted by molar-refractivity contribution is -0.220. The van der Waals surface area contributed by atoms with E-state index in [0.717, 1.165) is 19.3 Å². The Balaban J connectivity index is 1.90. The van der Waals surface area contributed by atoms with E-state index in [9.17, 15) is 10.2 Å². The maximum Gasteiger partial charge on any atom is 0.222 e. The van der Waals surface area contributed by atoms with Gasteiger partial charge < -0.3 is 21.7 Å². The smallest absolute Gasteiger partial charge is 0.222 e. The monoisotopic (exact) mass is 300 g/mol. The fraction of sp³-hybridized carbons (Fsp3) is 0.333. The molecule has 0 saturated heterocycles. The standard InChI is InChI=1S/C18H24N2O2/c19-17(20,18(21,22)16-12-5-2-6-13-16)14-8-7-11-15-9-3-1-4-10-15/h1-6,9-10,12-13,21-22H,7-8,11,14,19-20H2. The van der Waals surface area contributed by atoms with Crippen LogP contribution in [0.25, 0.3) is 0 Å². The summed E-state index contributed by atoms with van der Waals surface area (Å²) in [6.07, 6.45) is 2.86. The van der Waals surface area contributed by atoms with Gasteiger partial charge in [-0.15, -0.1) is 0 Å². The molecule has 0 amide bonds. The van der Waals surface area contributed by atoms with Gasteiger partial charge in [0, 0.05) is 5.56 Å². The van der Waals surface area contributed by atoms with Gasteiger partial charge in [0.25, 0.3) is 0 Å². The molecule has 0 heterocycles. The summed E-state index contributed by atoms with van der Waals surface area (Å²) in [4.78, 5) is 0. The van der Waals surface area contributed by atoms with E-state index in [1.807, 2.05) is 18.2 Å². The van der Waals surface area contributed by atoms with Crippen LogP contribution in [-0.2, 0) is 12.2 Å². The fourth-order valence-corrected chi connectivity index (χ4v) is 2.50. The van der Waals surface area contributed by atoms with Crippen LogP contribution < -0.4 is 11.5 Å². The number of hydrogen-bond acceptors (Lipinski definition) is 4. The van der Waals surface area contributed by atoms with Crippen LogP contribution in [0.1, 0.15) is 30.4 Å². The van der Waals surface area contributed by atoms with Crippen LogP contribution in [-0.4, -0.2) is 15.9 Å². The lowest BCUT2D eigenvalue weighted by Gasteiger charge is -2.38. The molecule has 0 aromatic heterocycles. The Kier molecular flexibility index (Phi) is 5.32. The third-order valence-corrected chi connectivity index (χ3v) is 3.97. The molecule has 0 aliphatic carbocycles.